The average molecular weight is 568 g/mol. The van der Waals surface area contributed by atoms with E-state index in [1.807, 2.05) is 40.1 Å². The molecule has 3 amide bonds. The number of unbranched alkanes of at least 4 members (excludes halogenated alkanes) is 2. The minimum absolute atomic E-state index is 0.0113. The molecule has 3 aliphatic heterocycles. The Morgan fingerprint density at radius 2 is 1.80 bits per heavy atom. The van der Waals surface area contributed by atoms with Crippen LogP contribution in [0.15, 0.2) is 55.6 Å². The van der Waals surface area contributed by atoms with Crippen LogP contribution in [0.5, 0.6) is 0 Å². The van der Waals surface area contributed by atoms with Gasteiger partial charge in [0.2, 0.25) is 17.7 Å². The normalized spacial score (nSPS) is 28.4. The Morgan fingerprint density at radius 3 is 2.45 bits per heavy atom. The maximum Gasteiger partial charge on any atom is 0.247 e. The zero-order chi connectivity index (χ0) is 28.9. The Balaban J connectivity index is 1.70. The van der Waals surface area contributed by atoms with E-state index in [4.69, 9.17) is 0 Å². The number of fused-ring (bicyclic) bond motifs is 1. The van der Waals surface area contributed by atoms with Crippen molar-refractivity contribution in [3.05, 3.63) is 61.2 Å². The Morgan fingerprint density at radius 1 is 1.10 bits per heavy atom. The van der Waals surface area contributed by atoms with Gasteiger partial charge in [0.25, 0.3) is 0 Å². The maximum absolute atomic E-state index is 14.4. The number of nitrogens with zero attached hydrogens (tertiary/aromatic N) is 3. The first kappa shape index (κ1) is 30.4. The summed E-state index contributed by atoms with van der Waals surface area (Å²) in [5.41, 5.74) is 1.03. The molecule has 7 nitrogen and oxygen atoms in total. The molecule has 40 heavy (non-hydrogen) atoms. The zero-order valence-electron chi connectivity index (χ0n) is 24.0. The molecule has 218 valence electrons. The van der Waals surface area contributed by atoms with Gasteiger partial charge in [-0.15, -0.1) is 24.9 Å². The molecule has 3 fully saturated rings. The smallest absolute Gasteiger partial charge is 0.247 e. The van der Waals surface area contributed by atoms with Crippen LogP contribution in [0.1, 0.15) is 51.5 Å². The van der Waals surface area contributed by atoms with Gasteiger partial charge in [-0.05, 0) is 30.7 Å². The second-order valence-corrected chi connectivity index (χ2v) is 13.0. The first-order valence-corrected chi connectivity index (χ1v) is 15.7. The van der Waals surface area contributed by atoms with Crippen molar-refractivity contribution in [1.29, 1.82) is 0 Å². The van der Waals surface area contributed by atoms with Crippen molar-refractivity contribution < 1.29 is 19.5 Å². The van der Waals surface area contributed by atoms with Gasteiger partial charge in [-0.3, -0.25) is 14.4 Å². The van der Waals surface area contributed by atoms with Crippen molar-refractivity contribution in [2.24, 2.45) is 17.8 Å². The van der Waals surface area contributed by atoms with Gasteiger partial charge in [-0.25, -0.2) is 0 Å². The highest BCUT2D eigenvalue weighted by molar-refractivity contribution is 8.02. The number of benzene rings is 1. The number of amides is 3. The lowest BCUT2D eigenvalue weighted by atomic mass is 9.65. The molecule has 6 atom stereocenters. The van der Waals surface area contributed by atoms with Crippen LogP contribution in [0.25, 0.3) is 0 Å². The molecular weight excluding hydrogens is 522 g/mol. The minimum Gasteiger partial charge on any atom is -0.396 e. The molecule has 0 aliphatic carbocycles. The third-order valence-corrected chi connectivity index (χ3v) is 11.0. The summed E-state index contributed by atoms with van der Waals surface area (Å²) >= 11 is 1.71. The molecule has 4 rings (SSSR count). The lowest BCUT2D eigenvalue weighted by Gasteiger charge is -2.41. The fourth-order valence-electron chi connectivity index (χ4n) is 7.14. The van der Waals surface area contributed by atoms with E-state index in [0.717, 1.165) is 31.2 Å². The Kier molecular flexibility index (Phi) is 10.2. The number of likely N-dealkylation sites (tertiary alicyclic amines) is 1. The number of aliphatic hydroxyl groups excluding tert-OH is 1. The third-order valence-electron chi connectivity index (χ3n) is 8.89. The second-order valence-electron chi connectivity index (χ2n) is 11.4. The number of aliphatic hydroxyl groups is 1. The number of carbonyl (C=O) groups is 3. The number of carbonyl (C=O) groups excluding carboxylic acids is 3. The zero-order valence-corrected chi connectivity index (χ0v) is 24.9. The van der Waals surface area contributed by atoms with Crippen molar-refractivity contribution >= 4 is 29.5 Å². The van der Waals surface area contributed by atoms with Crippen molar-refractivity contribution in [3.8, 4) is 0 Å². The van der Waals surface area contributed by atoms with Gasteiger partial charge in [0.1, 0.15) is 6.04 Å². The second kappa shape index (κ2) is 13.4. The number of hydrogen-bond donors (Lipinski definition) is 1. The fourth-order valence-corrected chi connectivity index (χ4v) is 9.55. The van der Waals surface area contributed by atoms with E-state index in [0.29, 0.717) is 39.1 Å². The summed E-state index contributed by atoms with van der Waals surface area (Å²) in [6.07, 6.45) is 7.65. The van der Waals surface area contributed by atoms with Crippen molar-refractivity contribution in [1.82, 2.24) is 14.7 Å². The van der Waals surface area contributed by atoms with Crippen molar-refractivity contribution in [2.75, 3.05) is 32.8 Å². The summed E-state index contributed by atoms with van der Waals surface area (Å²) in [6, 6.07) is 9.22. The highest BCUT2D eigenvalue weighted by atomic mass is 32.2. The summed E-state index contributed by atoms with van der Waals surface area (Å²) in [5, 5.41) is 9.64. The highest BCUT2D eigenvalue weighted by Gasteiger charge is 2.76. The predicted octanol–water partition coefficient (Wildman–Crippen LogP) is 4.13. The Hall–Kier alpha value is -2.58. The molecule has 0 aromatic heterocycles. The third kappa shape index (κ3) is 5.49. The van der Waals surface area contributed by atoms with Gasteiger partial charge in [-0.1, -0.05) is 69.2 Å². The largest absolute Gasteiger partial charge is 0.396 e. The van der Waals surface area contributed by atoms with Gasteiger partial charge >= 0.3 is 0 Å². The fraction of sp³-hybridized carbons (Fsp3) is 0.594. The van der Waals surface area contributed by atoms with E-state index in [1.54, 1.807) is 28.8 Å². The maximum atomic E-state index is 14.4. The Bertz CT molecular complexity index is 1080. The van der Waals surface area contributed by atoms with Gasteiger partial charge in [-0.2, -0.15) is 0 Å². The summed E-state index contributed by atoms with van der Waals surface area (Å²) in [5.74, 6) is -1.14. The van der Waals surface area contributed by atoms with E-state index in [2.05, 4.69) is 27.0 Å². The van der Waals surface area contributed by atoms with E-state index in [9.17, 15) is 19.5 Å². The Labute approximate surface area is 243 Å². The first-order chi connectivity index (χ1) is 19.3. The van der Waals surface area contributed by atoms with Crippen LogP contribution >= 0.6 is 11.8 Å². The average Bonchev–Trinajstić information content (AvgIpc) is 3.54. The lowest BCUT2D eigenvalue weighted by molar-refractivity contribution is -0.145. The molecular formula is C32H45N3O4S. The van der Waals surface area contributed by atoms with Gasteiger partial charge in [0, 0.05) is 44.6 Å². The van der Waals surface area contributed by atoms with E-state index in [-0.39, 0.29) is 35.5 Å². The van der Waals surface area contributed by atoms with E-state index >= 15 is 0 Å². The minimum atomic E-state index is -0.661. The van der Waals surface area contributed by atoms with Crippen molar-refractivity contribution in [3.63, 3.8) is 0 Å². The molecule has 1 N–H and O–H groups in total. The van der Waals surface area contributed by atoms with Crippen LogP contribution in [0.4, 0.5) is 0 Å². The lowest BCUT2D eigenvalue weighted by Crippen LogP contribution is -2.57. The molecule has 0 saturated carbocycles. The number of hydrogen-bond acceptors (Lipinski definition) is 5. The SMILES string of the molecule is C=CCN(CCCCC)C(=O)C1N(CCCO)C(=O)[C@@H]2[C@H](C(=O)N(CC=C)Cc3ccccc3)[C@@H]3CC(C)C12S3. The van der Waals surface area contributed by atoms with E-state index in [1.165, 1.54) is 0 Å². The monoisotopic (exact) mass is 567 g/mol. The summed E-state index contributed by atoms with van der Waals surface area (Å²) in [4.78, 5) is 48.3. The molecule has 2 bridgehead atoms. The molecule has 1 aromatic carbocycles. The van der Waals surface area contributed by atoms with Gasteiger partial charge < -0.3 is 19.8 Å². The van der Waals surface area contributed by atoms with Crippen LogP contribution in [0.2, 0.25) is 0 Å². The molecule has 1 aromatic rings. The molecule has 3 unspecified atom stereocenters. The molecule has 8 heteroatoms. The molecule has 3 aliphatic rings. The summed E-state index contributed by atoms with van der Waals surface area (Å²) < 4.78 is -0.661. The van der Waals surface area contributed by atoms with Gasteiger partial charge in [0.15, 0.2) is 0 Å². The topological polar surface area (TPSA) is 81.2 Å². The number of thioether (sulfide) groups is 1. The highest BCUT2D eigenvalue weighted by Crippen LogP contribution is 2.68. The van der Waals surface area contributed by atoms with Gasteiger partial charge in [0.05, 0.1) is 16.6 Å². The van der Waals surface area contributed by atoms with Crippen LogP contribution in [0.3, 0.4) is 0 Å². The molecule has 0 radical (unpaired) electrons. The quantitative estimate of drug-likeness (QED) is 0.255. The van der Waals surface area contributed by atoms with E-state index < -0.39 is 22.6 Å². The van der Waals surface area contributed by atoms with Crippen LogP contribution < -0.4 is 0 Å². The summed E-state index contributed by atoms with van der Waals surface area (Å²) in [6.45, 7) is 14.2. The standard InChI is InChI=1S/C32H45N3O4S/c1-5-8-12-18-33(16-6-2)31(39)28-32-23(4)21-25(40-32)26(27(32)30(38)35(28)19-13-20-36)29(37)34(17-7-3)22-24-14-10-9-11-15-24/h6-7,9-11,14-15,23,25-28,36H,2-3,5,8,12-13,16-22H2,1,4H3/t23?,25-,26+,27-,28?,32?/m0/s1. The van der Waals surface area contributed by atoms with Crippen LogP contribution in [-0.4, -0.2) is 86.4 Å². The van der Waals surface area contributed by atoms with Crippen LogP contribution in [-0.2, 0) is 20.9 Å². The summed E-state index contributed by atoms with van der Waals surface area (Å²) in [7, 11) is 0. The van der Waals surface area contributed by atoms with Crippen LogP contribution in [0, 0.1) is 17.8 Å². The molecule has 3 heterocycles. The number of rotatable bonds is 15. The molecule has 3 saturated heterocycles. The first-order valence-electron chi connectivity index (χ1n) is 14.8. The molecule has 1 spiro atoms. The predicted molar refractivity (Wildman–Crippen MR) is 160 cm³/mol. The van der Waals surface area contributed by atoms with Crippen molar-refractivity contribution in [2.45, 2.75) is 68.5 Å².